The van der Waals surface area contributed by atoms with E-state index in [1.807, 2.05) is 44.2 Å². The Morgan fingerprint density at radius 1 is 0.938 bits per heavy atom. The van der Waals surface area contributed by atoms with Crippen LogP contribution in [0.5, 0.6) is 5.75 Å². The lowest BCUT2D eigenvalue weighted by molar-refractivity contribution is 0.0913. The minimum atomic E-state index is -3.74. The number of hydrogen-bond donors (Lipinski definition) is 1. The summed E-state index contributed by atoms with van der Waals surface area (Å²) in [6.07, 6.45) is 0.695. The molecule has 0 aliphatic rings. The third-order valence-electron chi connectivity index (χ3n) is 5.15. The van der Waals surface area contributed by atoms with Gasteiger partial charge in [0.2, 0.25) is 0 Å². The maximum absolute atomic E-state index is 12.9. The summed E-state index contributed by atoms with van der Waals surface area (Å²) >= 11 is 0. The van der Waals surface area contributed by atoms with Crippen molar-refractivity contribution >= 4 is 21.6 Å². The first-order valence-electron chi connectivity index (χ1n) is 10.2. The van der Waals surface area contributed by atoms with Crippen LogP contribution in [0, 0.1) is 0 Å². The lowest BCUT2D eigenvalue weighted by Gasteiger charge is -2.27. The van der Waals surface area contributed by atoms with Gasteiger partial charge in [0.1, 0.15) is 5.75 Å². The number of hydrogen-bond acceptors (Lipinski definition) is 4. The van der Waals surface area contributed by atoms with E-state index in [2.05, 4.69) is 5.32 Å². The van der Waals surface area contributed by atoms with E-state index in [-0.39, 0.29) is 10.8 Å². The Balaban J connectivity index is 1.71. The quantitative estimate of drug-likeness (QED) is 0.554. The van der Waals surface area contributed by atoms with Gasteiger partial charge >= 0.3 is 0 Å². The molecule has 0 saturated heterocycles. The molecular formula is C25H28N2O4S. The van der Waals surface area contributed by atoms with E-state index in [9.17, 15) is 13.2 Å². The first kappa shape index (κ1) is 23.3. The fourth-order valence-electron chi connectivity index (χ4n) is 3.40. The summed E-state index contributed by atoms with van der Waals surface area (Å²) in [5.74, 6) is 0.371. The summed E-state index contributed by atoms with van der Waals surface area (Å²) in [6.45, 7) is 3.95. The Morgan fingerprint density at radius 2 is 1.53 bits per heavy atom. The molecule has 0 spiro atoms. The number of amides is 1. The molecule has 0 unspecified atom stereocenters. The van der Waals surface area contributed by atoms with Crippen molar-refractivity contribution in [1.29, 1.82) is 0 Å². The van der Waals surface area contributed by atoms with Crippen molar-refractivity contribution in [2.75, 3.05) is 18.5 Å². The summed E-state index contributed by atoms with van der Waals surface area (Å²) in [4.78, 5) is 12.9. The Labute approximate surface area is 189 Å². The number of carbonyl (C=O) groups is 1. The summed E-state index contributed by atoms with van der Waals surface area (Å²) in [7, 11) is -0.729. The number of ether oxygens (including phenoxy) is 1. The van der Waals surface area contributed by atoms with Gasteiger partial charge in [-0.25, -0.2) is 8.42 Å². The van der Waals surface area contributed by atoms with Gasteiger partial charge in [0.15, 0.2) is 0 Å². The van der Waals surface area contributed by atoms with Gasteiger partial charge in [-0.2, -0.15) is 0 Å². The number of methoxy groups -OCH3 is 1. The highest BCUT2D eigenvalue weighted by Gasteiger charge is 2.23. The molecule has 0 bridgehead atoms. The maximum Gasteiger partial charge on any atom is 0.264 e. The number of rotatable bonds is 8. The van der Waals surface area contributed by atoms with Crippen molar-refractivity contribution in [3.05, 3.63) is 90.0 Å². The van der Waals surface area contributed by atoms with E-state index < -0.39 is 15.6 Å². The predicted molar refractivity (Wildman–Crippen MR) is 127 cm³/mol. The van der Waals surface area contributed by atoms with Crippen LogP contribution >= 0.6 is 0 Å². The van der Waals surface area contributed by atoms with Gasteiger partial charge in [-0.05, 0) is 74.4 Å². The fraction of sp³-hybridized carbons (Fsp3) is 0.240. The van der Waals surface area contributed by atoms with Gasteiger partial charge in [-0.1, -0.05) is 30.3 Å². The predicted octanol–water partition coefficient (Wildman–Crippen LogP) is 4.27. The zero-order valence-electron chi connectivity index (χ0n) is 18.7. The molecule has 7 heteroatoms. The van der Waals surface area contributed by atoms with Crippen LogP contribution in [0.1, 0.15) is 29.8 Å². The lowest BCUT2D eigenvalue weighted by Crippen LogP contribution is -2.45. The van der Waals surface area contributed by atoms with Gasteiger partial charge in [0.25, 0.3) is 15.9 Å². The molecule has 0 radical (unpaired) electrons. The average molecular weight is 453 g/mol. The highest BCUT2D eigenvalue weighted by Crippen LogP contribution is 2.24. The molecule has 32 heavy (non-hydrogen) atoms. The number of anilines is 1. The number of carbonyl (C=O) groups excluding carboxylic acids is 1. The van der Waals surface area contributed by atoms with Crippen molar-refractivity contribution in [3.63, 3.8) is 0 Å². The molecule has 1 amide bonds. The van der Waals surface area contributed by atoms with Gasteiger partial charge in [0.05, 0.1) is 17.7 Å². The van der Waals surface area contributed by atoms with E-state index in [1.165, 1.54) is 30.6 Å². The van der Waals surface area contributed by atoms with Gasteiger partial charge in [-0.15, -0.1) is 0 Å². The minimum absolute atomic E-state index is 0.158. The van der Waals surface area contributed by atoms with Crippen molar-refractivity contribution in [1.82, 2.24) is 5.32 Å². The summed E-state index contributed by atoms with van der Waals surface area (Å²) in [5.41, 5.74) is 1.62. The molecule has 0 aliphatic heterocycles. The van der Waals surface area contributed by atoms with Crippen molar-refractivity contribution < 1.29 is 17.9 Å². The smallest absolute Gasteiger partial charge is 0.264 e. The zero-order valence-corrected chi connectivity index (χ0v) is 19.5. The lowest BCUT2D eigenvalue weighted by atomic mass is 9.94. The van der Waals surface area contributed by atoms with E-state index in [0.717, 1.165) is 5.56 Å². The second kappa shape index (κ2) is 9.44. The molecule has 0 heterocycles. The molecule has 3 aromatic rings. The van der Waals surface area contributed by atoms with Crippen LogP contribution in [0.3, 0.4) is 0 Å². The summed E-state index contributed by atoms with van der Waals surface area (Å²) < 4.78 is 32.1. The molecule has 0 aliphatic carbocycles. The second-order valence-corrected chi connectivity index (χ2v) is 10.2. The minimum Gasteiger partial charge on any atom is -0.497 e. The molecule has 0 atom stereocenters. The largest absolute Gasteiger partial charge is 0.497 e. The Bertz CT molecular complexity index is 1160. The monoisotopic (exact) mass is 452 g/mol. The van der Waals surface area contributed by atoms with Crippen LogP contribution in [0.15, 0.2) is 83.8 Å². The highest BCUT2D eigenvalue weighted by molar-refractivity contribution is 7.92. The highest BCUT2D eigenvalue weighted by atomic mass is 32.2. The molecule has 0 aromatic heterocycles. The van der Waals surface area contributed by atoms with Crippen molar-refractivity contribution in [2.45, 2.75) is 30.7 Å². The molecule has 0 saturated carbocycles. The summed E-state index contributed by atoms with van der Waals surface area (Å²) in [6, 6.07) is 22.7. The maximum atomic E-state index is 12.9. The van der Waals surface area contributed by atoms with E-state index in [4.69, 9.17) is 4.74 Å². The number of nitrogens with zero attached hydrogens (tertiary/aromatic N) is 1. The van der Waals surface area contributed by atoms with Crippen molar-refractivity contribution in [3.8, 4) is 5.75 Å². The molecule has 6 nitrogen and oxygen atoms in total. The molecular weight excluding hydrogens is 424 g/mol. The molecule has 0 fully saturated rings. The van der Waals surface area contributed by atoms with Crippen LogP contribution in [0.2, 0.25) is 0 Å². The molecule has 1 N–H and O–H groups in total. The Morgan fingerprint density at radius 3 is 2.09 bits per heavy atom. The van der Waals surface area contributed by atoms with Crippen molar-refractivity contribution in [2.24, 2.45) is 0 Å². The Hall–Kier alpha value is -3.32. The van der Waals surface area contributed by atoms with Gasteiger partial charge in [-0.3, -0.25) is 9.10 Å². The molecule has 3 aromatic carbocycles. The third kappa shape index (κ3) is 5.48. The van der Waals surface area contributed by atoms with Gasteiger partial charge in [0, 0.05) is 18.2 Å². The Kier molecular flexibility index (Phi) is 6.89. The average Bonchev–Trinajstić information content (AvgIpc) is 2.78. The van der Waals surface area contributed by atoms with Crippen LogP contribution in [-0.4, -0.2) is 34.0 Å². The van der Waals surface area contributed by atoms with Crippen LogP contribution in [-0.2, 0) is 16.4 Å². The first-order chi connectivity index (χ1) is 15.1. The van der Waals surface area contributed by atoms with Crippen LogP contribution in [0.4, 0.5) is 5.69 Å². The fourth-order valence-corrected chi connectivity index (χ4v) is 4.59. The summed E-state index contributed by atoms with van der Waals surface area (Å²) in [5, 5.41) is 3.05. The number of nitrogens with one attached hydrogen (secondary N) is 1. The topological polar surface area (TPSA) is 75.7 Å². The van der Waals surface area contributed by atoms with Crippen LogP contribution < -0.4 is 14.4 Å². The zero-order chi connectivity index (χ0) is 23.4. The molecule has 3 rings (SSSR count). The number of benzene rings is 3. The SMILES string of the molecule is COc1ccc(S(=O)(=O)N(C)c2ccc(C(=O)NC(C)(C)Cc3ccccc3)cc2)cc1. The van der Waals surface area contributed by atoms with E-state index >= 15 is 0 Å². The first-order valence-corrected chi connectivity index (χ1v) is 11.7. The number of sulfonamides is 1. The second-order valence-electron chi connectivity index (χ2n) is 8.20. The van der Waals surface area contributed by atoms with E-state index in [0.29, 0.717) is 23.4 Å². The molecule has 168 valence electrons. The van der Waals surface area contributed by atoms with Gasteiger partial charge < -0.3 is 10.1 Å². The third-order valence-corrected chi connectivity index (χ3v) is 6.95. The van der Waals surface area contributed by atoms with E-state index in [1.54, 1.807) is 36.4 Å². The van der Waals surface area contributed by atoms with Crippen LogP contribution in [0.25, 0.3) is 0 Å². The standard InChI is InChI=1S/C25H28N2O4S/c1-25(2,18-19-8-6-5-7-9-19)26-24(28)20-10-12-21(13-11-20)27(3)32(29,30)23-16-14-22(31-4)15-17-23/h5-17H,18H2,1-4H3,(H,26,28). The normalized spacial score (nSPS) is 11.6.